The molecule has 0 saturated carbocycles. The SMILES string of the molecule is CC[C@H](C)[C@H](NC(=O)Cc1nn[nH]n1)C(=O)NCC(=O)N1c2ncccc2C[C@H]1N(C=O)C(C=O)CC(=O)O. The second-order valence-electron chi connectivity index (χ2n) is 8.94. The summed E-state index contributed by atoms with van der Waals surface area (Å²) in [7, 11) is 0. The topological polar surface area (TPSA) is 221 Å². The van der Waals surface area contributed by atoms with Crippen LogP contribution in [0.2, 0.25) is 0 Å². The van der Waals surface area contributed by atoms with Gasteiger partial charge in [-0.1, -0.05) is 31.5 Å². The van der Waals surface area contributed by atoms with Gasteiger partial charge in [0.05, 0.1) is 25.4 Å². The third-order valence-corrected chi connectivity index (χ3v) is 6.39. The highest BCUT2D eigenvalue weighted by atomic mass is 16.4. The van der Waals surface area contributed by atoms with Crippen LogP contribution >= 0.6 is 0 Å². The summed E-state index contributed by atoms with van der Waals surface area (Å²) in [6, 6.07) is 1.03. The largest absolute Gasteiger partial charge is 0.481 e. The number of carbonyl (C=O) groups excluding carboxylic acids is 5. The van der Waals surface area contributed by atoms with Crippen LogP contribution in [-0.4, -0.2) is 96.8 Å². The lowest BCUT2D eigenvalue weighted by Crippen LogP contribution is -2.57. The molecular weight excluding hydrogens is 514 g/mol. The number of amides is 4. The highest BCUT2D eigenvalue weighted by Crippen LogP contribution is 2.32. The van der Waals surface area contributed by atoms with Gasteiger partial charge in [-0.15, -0.1) is 10.2 Å². The minimum atomic E-state index is -1.33. The molecule has 0 spiro atoms. The summed E-state index contributed by atoms with van der Waals surface area (Å²) in [6.07, 6.45) is 0.847. The van der Waals surface area contributed by atoms with Gasteiger partial charge >= 0.3 is 5.97 Å². The molecule has 208 valence electrons. The summed E-state index contributed by atoms with van der Waals surface area (Å²) in [6.45, 7) is 3.09. The van der Waals surface area contributed by atoms with Crippen molar-refractivity contribution < 1.29 is 33.9 Å². The summed E-state index contributed by atoms with van der Waals surface area (Å²) < 4.78 is 0. The molecule has 3 rings (SSSR count). The molecule has 0 bridgehead atoms. The quantitative estimate of drug-likeness (QED) is 0.195. The number of H-pyrrole nitrogens is 1. The van der Waals surface area contributed by atoms with Crippen molar-refractivity contribution in [3.8, 4) is 0 Å². The summed E-state index contributed by atoms with van der Waals surface area (Å²) in [5.74, 6) is -2.99. The van der Waals surface area contributed by atoms with Crippen molar-refractivity contribution in [3.05, 3.63) is 29.7 Å². The summed E-state index contributed by atoms with van der Waals surface area (Å²) in [5, 5.41) is 27.4. The maximum atomic E-state index is 13.4. The fourth-order valence-corrected chi connectivity index (χ4v) is 4.22. The number of hydrogen-bond donors (Lipinski definition) is 4. The molecule has 0 aromatic carbocycles. The summed E-state index contributed by atoms with van der Waals surface area (Å²) in [5.41, 5.74) is 0.597. The fourth-order valence-electron chi connectivity index (χ4n) is 4.22. The minimum Gasteiger partial charge on any atom is -0.481 e. The Morgan fingerprint density at radius 1 is 1.31 bits per heavy atom. The average molecular weight is 544 g/mol. The van der Waals surface area contributed by atoms with Crippen LogP contribution in [0.5, 0.6) is 0 Å². The van der Waals surface area contributed by atoms with Crippen LogP contribution in [0.4, 0.5) is 5.82 Å². The molecule has 0 fully saturated rings. The number of tetrazole rings is 1. The first-order valence-electron chi connectivity index (χ1n) is 12.1. The number of pyridine rings is 1. The molecule has 4 atom stereocenters. The number of carboxylic acids is 1. The number of carboxylic acid groups (broad SMARTS) is 1. The van der Waals surface area contributed by atoms with Crippen LogP contribution in [0.1, 0.15) is 38.1 Å². The number of aldehydes is 1. The Hall–Kier alpha value is -4.76. The van der Waals surface area contributed by atoms with Crippen molar-refractivity contribution in [3.63, 3.8) is 0 Å². The van der Waals surface area contributed by atoms with Gasteiger partial charge in [0.25, 0.3) is 0 Å². The van der Waals surface area contributed by atoms with Gasteiger partial charge in [-0.2, -0.15) is 5.21 Å². The third-order valence-electron chi connectivity index (χ3n) is 6.39. The molecule has 0 aliphatic carbocycles. The van der Waals surface area contributed by atoms with Gasteiger partial charge in [0.2, 0.25) is 24.1 Å². The Bertz CT molecular complexity index is 1210. The van der Waals surface area contributed by atoms with Crippen LogP contribution < -0.4 is 15.5 Å². The van der Waals surface area contributed by atoms with E-state index in [4.69, 9.17) is 5.11 Å². The second kappa shape index (κ2) is 13.2. The van der Waals surface area contributed by atoms with Crippen LogP contribution in [-0.2, 0) is 41.6 Å². The number of nitrogens with zero attached hydrogens (tertiary/aromatic N) is 6. The molecule has 16 nitrogen and oxygen atoms in total. The number of fused-ring (bicyclic) bond motifs is 1. The first-order chi connectivity index (χ1) is 18.7. The highest BCUT2D eigenvalue weighted by molar-refractivity contribution is 5.99. The lowest BCUT2D eigenvalue weighted by molar-refractivity contribution is -0.141. The van der Waals surface area contributed by atoms with E-state index in [0.717, 1.165) is 9.80 Å². The van der Waals surface area contributed by atoms with Crippen LogP contribution in [0, 0.1) is 5.92 Å². The molecule has 4 N–H and O–H groups in total. The highest BCUT2D eigenvalue weighted by Gasteiger charge is 2.41. The number of carbonyl (C=O) groups is 6. The number of hydrogen-bond acceptors (Lipinski definition) is 10. The monoisotopic (exact) mass is 543 g/mol. The molecule has 1 aliphatic rings. The Morgan fingerprint density at radius 2 is 2.08 bits per heavy atom. The van der Waals surface area contributed by atoms with Gasteiger partial charge < -0.3 is 25.4 Å². The van der Waals surface area contributed by atoms with E-state index in [0.29, 0.717) is 24.7 Å². The van der Waals surface area contributed by atoms with Gasteiger partial charge in [-0.25, -0.2) is 4.98 Å². The van der Waals surface area contributed by atoms with E-state index in [1.807, 2.05) is 6.92 Å². The van der Waals surface area contributed by atoms with Gasteiger partial charge in [-0.3, -0.25) is 28.9 Å². The zero-order valence-corrected chi connectivity index (χ0v) is 21.3. The molecule has 2 aromatic heterocycles. The molecule has 1 aliphatic heterocycles. The lowest BCUT2D eigenvalue weighted by Gasteiger charge is -2.35. The minimum absolute atomic E-state index is 0.104. The van der Waals surface area contributed by atoms with Crippen molar-refractivity contribution in [1.29, 1.82) is 0 Å². The Labute approximate surface area is 222 Å². The molecular formula is C23H29N9O7. The van der Waals surface area contributed by atoms with Crippen LogP contribution in [0.3, 0.4) is 0 Å². The molecule has 2 aromatic rings. The number of anilines is 1. The molecule has 0 radical (unpaired) electrons. The Balaban J connectivity index is 1.76. The van der Waals surface area contributed by atoms with E-state index in [9.17, 15) is 28.8 Å². The molecule has 16 heteroatoms. The van der Waals surface area contributed by atoms with Gasteiger partial charge in [0, 0.05) is 12.6 Å². The zero-order valence-electron chi connectivity index (χ0n) is 21.3. The number of aromatic amines is 1. The molecule has 0 saturated heterocycles. The van der Waals surface area contributed by atoms with Crippen molar-refractivity contribution in [1.82, 2.24) is 41.1 Å². The predicted molar refractivity (Wildman–Crippen MR) is 131 cm³/mol. The number of aliphatic carboxylic acids is 1. The van der Waals surface area contributed by atoms with E-state index in [2.05, 4.69) is 36.2 Å². The lowest BCUT2D eigenvalue weighted by atomic mass is 9.98. The van der Waals surface area contributed by atoms with Crippen LogP contribution in [0.15, 0.2) is 18.3 Å². The van der Waals surface area contributed by atoms with Gasteiger partial charge in [-0.05, 0) is 17.5 Å². The third kappa shape index (κ3) is 6.97. The van der Waals surface area contributed by atoms with E-state index >= 15 is 0 Å². The van der Waals surface area contributed by atoms with Gasteiger partial charge in [0.15, 0.2) is 5.82 Å². The van der Waals surface area contributed by atoms with Crippen molar-refractivity contribution >= 4 is 42.2 Å². The molecule has 4 amide bonds. The maximum Gasteiger partial charge on any atom is 0.305 e. The van der Waals surface area contributed by atoms with Crippen LogP contribution in [0.25, 0.3) is 0 Å². The van der Waals surface area contributed by atoms with E-state index < -0.39 is 54.9 Å². The smallest absolute Gasteiger partial charge is 0.305 e. The summed E-state index contributed by atoms with van der Waals surface area (Å²) in [4.78, 5) is 80.1. The summed E-state index contributed by atoms with van der Waals surface area (Å²) >= 11 is 0. The maximum absolute atomic E-state index is 13.4. The first-order valence-corrected chi connectivity index (χ1v) is 12.1. The fraction of sp³-hybridized carbons (Fsp3) is 0.478. The standard InChI is InChI=1S/C23H29N9O7/c1-3-13(2)21(26-17(35)9-16-27-29-30-28-16)23(39)25-10-19(36)32-18(7-14-5-4-6-24-22(14)32)31(12-34)15(11-33)8-20(37)38/h4-6,11-13,15,18,21H,3,7-10H2,1-2H3,(H,25,39)(H,26,35)(H,37,38)(H,27,28,29,30)/t13-,15?,18-,21-/m0/s1. The zero-order chi connectivity index (χ0) is 28.5. The molecule has 3 heterocycles. The average Bonchev–Trinajstić information content (AvgIpc) is 3.57. The van der Waals surface area contributed by atoms with Gasteiger partial charge in [0.1, 0.15) is 24.3 Å². The van der Waals surface area contributed by atoms with E-state index in [1.165, 1.54) is 6.20 Å². The predicted octanol–water partition coefficient (Wildman–Crippen LogP) is -1.80. The number of rotatable bonds is 14. The van der Waals surface area contributed by atoms with Crippen molar-refractivity contribution in [2.75, 3.05) is 11.4 Å². The second-order valence-corrected chi connectivity index (χ2v) is 8.94. The van der Waals surface area contributed by atoms with E-state index in [1.54, 1.807) is 19.1 Å². The molecule has 39 heavy (non-hydrogen) atoms. The van der Waals surface area contributed by atoms with E-state index in [-0.39, 0.29) is 30.4 Å². The Morgan fingerprint density at radius 3 is 2.69 bits per heavy atom. The Kier molecular flexibility index (Phi) is 9.72. The normalized spacial score (nSPS) is 16.4. The number of aromatic nitrogens is 5. The molecule has 1 unspecified atom stereocenters. The van der Waals surface area contributed by atoms with Crippen molar-refractivity contribution in [2.24, 2.45) is 5.92 Å². The van der Waals surface area contributed by atoms with Crippen molar-refractivity contribution in [2.45, 2.75) is 57.8 Å². The first kappa shape index (κ1) is 28.8. The number of nitrogens with one attached hydrogen (secondary N) is 3.